The molecule has 1 unspecified atom stereocenters. The molecule has 0 rings (SSSR count). The van der Waals surface area contributed by atoms with Crippen molar-refractivity contribution in [3.05, 3.63) is 0 Å². The molecule has 0 saturated carbocycles. The summed E-state index contributed by atoms with van der Waals surface area (Å²) in [5, 5.41) is 3.42. The molecule has 0 aliphatic heterocycles. The molecule has 0 aromatic rings. The Bertz CT molecular complexity index is 129. The van der Waals surface area contributed by atoms with Crippen LogP contribution in [0.25, 0.3) is 0 Å². The molecule has 0 aromatic carbocycles. The zero-order valence-corrected chi connectivity index (χ0v) is 10.7. The fraction of sp³-hybridized carbons (Fsp3) is 1.00. The lowest BCUT2D eigenvalue weighted by molar-refractivity contribution is 0.0201. The number of nitrogens with one attached hydrogen (secondary N) is 1. The van der Waals surface area contributed by atoms with Crippen LogP contribution in [0.1, 0.15) is 40.5 Å². The van der Waals surface area contributed by atoms with Crippen molar-refractivity contribution in [3.63, 3.8) is 0 Å². The van der Waals surface area contributed by atoms with Crippen LogP contribution in [0.15, 0.2) is 0 Å². The lowest BCUT2D eigenvalue weighted by atomic mass is 10.2. The van der Waals surface area contributed by atoms with Crippen LogP contribution in [0, 0.1) is 0 Å². The fourth-order valence-corrected chi connectivity index (χ4v) is 1.36. The van der Waals surface area contributed by atoms with Gasteiger partial charge in [-0.25, -0.2) is 0 Å². The van der Waals surface area contributed by atoms with Gasteiger partial charge in [0.1, 0.15) is 0 Å². The summed E-state index contributed by atoms with van der Waals surface area (Å²) in [6.07, 6.45) is 2.77. The molecule has 0 spiro atoms. The van der Waals surface area contributed by atoms with E-state index in [0.29, 0.717) is 25.4 Å². The van der Waals surface area contributed by atoms with Crippen molar-refractivity contribution in [3.8, 4) is 0 Å². The predicted octanol–water partition coefficient (Wildman–Crippen LogP) is 2.21. The van der Waals surface area contributed by atoms with Gasteiger partial charge in [-0.3, -0.25) is 0 Å². The van der Waals surface area contributed by atoms with Crippen molar-refractivity contribution in [1.82, 2.24) is 5.32 Å². The Kier molecular flexibility index (Phi) is 10.3. The van der Waals surface area contributed by atoms with Gasteiger partial charge < -0.3 is 14.8 Å². The van der Waals surface area contributed by atoms with Crippen LogP contribution >= 0.6 is 0 Å². The van der Waals surface area contributed by atoms with Crippen LogP contribution in [0.5, 0.6) is 0 Å². The van der Waals surface area contributed by atoms with E-state index in [9.17, 15) is 0 Å². The van der Waals surface area contributed by atoms with Crippen LogP contribution in [0.3, 0.4) is 0 Å². The smallest absolute Gasteiger partial charge is 0.0703 e. The normalized spacial score (nSPS) is 13.4. The first-order chi connectivity index (χ1) is 7.16. The minimum absolute atomic E-state index is 0.302. The highest BCUT2D eigenvalue weighted by Crippen LogP contribution is 1.93. The molecule has 0 aromatic heterocycles. The van der Waals surface area contributed by atoms with E-state index in [-0.39, 0.29) is 0 Å². The standard InChI is InChI=1S/C12H27NO2/c1-5-6-12(4)13-7-8-14-9-10-15-11(2)3/h11-13H,5-10H2,1-4H3. The van der Waals surface area contributed by atoms with E-state index >= 15 is 0 Å². The van der Waals surface area contributed by atoms with Gasteiger partial charge in [-0.1, -0.05) is 13.3 Å². The minimum atomic E-state index is 0.302. The Labute approximate surface area is 94.5 Å². The van der Waals surface area contributed by atoms with E-state index in [4.69, 9.17) is 9.47 Å². The highest BCUT2D eigenvalue weighted by atomic mass is 16.5. The lowest BCUT2D eigenvalue weighted by Crippen LogP contribution is -2.29. The summed E-state index contributed by atoms with van der Waals surface area (Å²) in [6, 6.07) is 0.602. The van der Waals surface area contributed by atoms with Crippen molar-refractivity contribution in [1.29, 1.82) is 0 Å². The molecule has 1 N–H and O–H groups in total. The predicted molar refractivity (Wildman–Crippen MR) is 64.3 cm³/mol. The Morgan fingerprint density at radius 2 is 1.80 bits per heavy atom. The quantitative estimate of drug-likeness (QED) is 0.569. The molecular weight excluding hydrogens is 190 g/mol. The zero-order valence-electron chi connectivity index (χ0n) is 10.7. The summed E-state index contributed by atoms with van der Waals surface area (Å²) in [5.74, 6) is 0. The first kappa shape index (κ1) is 14.9. The monoisotopic (exact) mass is 217 g/mol. The molecule has 0 amide bonds. The maximum atomic E-state index is 5.43. The summed E-state index contributed by atoms with van der Waals surface area (Å²) in [7, 11) is 0. The van der Waals surface area contributed by atoms with Gasteiger partial charge >= 0.3 is 0 Å². The SMILES string of the molecule is CCCC(C)NCCOCCOC(C)C. The molecule has 92 valence electrons. The number of rotatable bonds is 10. The summed E-state index contributed by atoms with van der Waals surface area (Å²) >= 11 is 0. The number of hydrogen-bond donors (Lipinski definition) is 1. The van der Waals surface area contributed by atoms with Crippen LogP contribution < -0.4 is 5.32 Å². The van der Waals surface area contributed by atoms with Gasteiger partial charge in [0, 0.05) is 12.6 Å². The van der Waals surface area contributed by atoms with E-state index in [1.807, 2.05) is 13.8 Å². The maximum absolute atomic E-state index is 5.43. The second-order valence-electron chi connectivity index (χ2n) is 4.18. The molecule has 3 heteroatoms. The topological polar surface area (TPSA) is 30.5 Å². The molecule has 0 radical (unpaired) electrons. The third kappa shape index (κ3) is 11.8. The van der Waals surface area contributed by atoms with Crippen molar-refractivity contribution >= 4 is 0 Å². The summed E-state index contributed by atoms with van der Waals surface area (Å²) in [6.45, 7) is 11.6. The van der Waals surface area contributed by atoms with Gasteiger partial charge in [-0.2, -0.15) is 0 Å². The van der Waals surface area contributed by atoms with Crippen molar-refractivity contribution in [2.24, 2.45) is 0 Å². The molecule has 0 heterocycles. The second-order valence-corrected chi connectivity index (χ2v) is 4.18. The molecule has 0 bridgehead atoms. The molecule has 1 atom stereocenters. The van der Waals surface area contributed by atoms with Crippen molar-refractivity contribution in [2.75, 3.05) is 26.4 Å². The summed E-state index contributed by atoms with van der Waals surface area (Å²) in [4.78, 5) is 0. The molecule has 3 nitrogen and oxygen atoms in total. The van der Waals surface area contributed by atoms with E-state index in [0.717, 1.165) is 13.2 Å². The Hall–Kier alpha value is -0.120. The molecule has 15 heavy (non-hydrogen) atoms. The van der Waals surface area contributed by atoms with E-state index in [2.05, 4.69) is 19.2 Å². The van der Waals surface area contributed by atoms with Crippen molar-refractivity contribution < 1.29 is 9.47 Å². The van der Waals surface area contributed by atoms with Gasteiger partial charge in [0.15, 0.2) is 0 Å². The minimum Gasteiger partial charge on any atom is -0.378 e. The Morgan fingerprint density at radius 3 is 2.40 bits per heavy atom. The summed E-state index contributed by atoms with van der Waals surface area (Å²) in [5.41, 5.74) is 0. The largest absolute Gasteiger partial charge is 0.378 e. The first-order valence-corrected chi connectivity index (χ1v) is 6.09. The van der Waals surface area contributed by atoms with Gasteiger partial charge in [0.05, 0.1) is 25.9 Å². The lowest BCUT2D eigenvalue weighted by Gasteiger charge is -2.13. The number of ether oxygens (including phenoxy) is 2. The molecular formula is C12H27NO2. The second kappa shape index (κ2) is 10.4. The summed E-state index contributed by atoms with van der Waals surface area (Å²) < 4.78 is 10.8. The van der Waals surface area contributed by atoms with Gasteiger partial charge in [-0.05, 0) is 27.2 Å². The van der Waals surface area contributed by atoms with Crippen LogP contribution in [0.2, 0.25) is 0 Å². The van der Waals surface area contributed by atoms with Gasteiger partial charge in [-0.15, -0.1) is 0 Å². The Balaban J connectivity index is 3.04. The van der Waals surface area contributed by atoms with Crippen LogP contribution in [0.4, 0.5) is 0 Å². The highest BCUT2D eigenvalue weighted by molar-refractivity contribution is 4.58. The van der Waals surface area contributed by atoms with Gasteiger partial charge in [0.25, 0.3) is 0 Å². The highest BCUT2D eigenvalue weighted by Gasteiger charge is 1.98. The molecule has 0 fully saturated rings. The zero-order chi connectivity index (χ0) is 11.5. The van der Waals surface area contributed by atoms with Crippen LogP contribution in [-0.4, -0.2) is 38.5 Å². The van der Waals surface area contributed by atoms with Crippen molar-refractivity contribution in [2.45, 2.75) is 52.7 Å². The third-order valence-electron chi connectivity index (χ3n) is 2.14. The maximum Gasteiger partial charge on any atom is 0.0703 e. The van der Waals surface area contributed by atoms with E-state index in [1.165, 1.54) is 12.8 Å². The average Bonchev–Trinajstić information content (AvgIpc) is 2.16. The van der Waals surface area contributed by atoms with E-state index < -0.39 is 0 Å². The fourth-order valence-electron chi connectivity index (χ4n) is 1.36. The van der Waals surface area contributed by atoms with E-state index in [1.54, 1.807) is 0 Å². The number of hydrogen-bond acceptors (Lipinski definition) is 3. The molecule has 0 aliphatic carbocycles. The molecule has 0 saturated heterocycles. The third-order valence-corrected chi connectivity index (χ3v) is 2.14. The molecule has 0 aliphatic rings. The average molecular weight is 217 g/mol. The first-order valence-electron chi connectivity index (χ1n) is 6.09. The van der Waals surface area contributed by atoms with Gasteiger partial charge in [0.2, 0.25) is 0 Å². The Morgan fingerprint density at radius 1 is 1.07 bits per heavy atom. The van der Waals surface area contributed by atoms with Crippen LogP contribution in [-0.2, 0) is 9.47 Å².